The molecule has 0 radical (unpaired) electrons. The number of carbonyl (C=O) groups excluding carboxylic acids is 1. The molecule has 2 saturated heterocycles. The van der Waals surface area contributed by atoms with Crippen LogP contribution in [0.5, 0.6) is 0 Å². The molecule has 3 rings (SSSR count). The molecule has 0 bridgehead atoms. The molecule has 0 aromatic carbocycles. The van der Waals surface area contributed by atoms with Crippen molar-refractivity contribution in [2.75, 3.05) is 26.2 Å². The molecule has 7 heteroatoms. The molecule has 1 amide bonds. The smallest absolute Gasteiger partial charge is 0.307 e. The molecule has 0 spiro atoms. The third-order valence-electron chi connectivity index (χ3n) is 5.60. The molecule has 1 unspecified atom stereocenters. The van der Waals surface area contributed by atoms with Crippen LogP contribution in [0.15, 0.2) is 16.9 Å². The normalized spacial score (nSPS) is 22.3. The number of amides is 1. The van der Waals surface area contributed by atoms with E-state index < -0.39 is 5.97 Å². The molecule has 0 aliphatic carbocycles. The summed E-state index contributed by atoms with van der Waals surface area (Å²) in [5, 5.41) is 9.25. The Hall–Kier alpha value is -2.15. The van der Waals surface area contributed by atoms with Gasteiger partial charge in [0.15, 0.2) is 0 Å². The molecule has 7 nitrogen and oxygen atoms in total. The third kappa shape index (κ3) is 4.15. The van der Waals surface area contributed by atoms with Gasteiger partial charge in [-0.15, -0.1) is 0 Å². The van der Waals surface area contributed by atoms with E-state index in [9.17, 15) is 19.5 Å². The zero-order chi connectivity index (χ0) is 18.7. The van der Waals surface area contributed by atoms with Crippen molar-refractivity contribution in [3.63, 3.8) is 0 Å². The second-order valence-electron chi connectivity index (χ2n) is 7.31. The summed E-state index contributed by atoms with van der Waals surface area (Å²) in [4.78, 5) is 42.5. The van der Waals surface area contributed by atoms with E-state index in [0.717, 1.165) is 37.9 Å². The first kappa shape index (κ1) is 18.6. The van der Waals surface area contributed by atoms with Crippen LogP contribution in [-0.4, -0.2) is 64.0 Å². The summed E-state index contributed by atoms with van der Waals surface area (Å²) in [6.07, 6.45) is 4.05. The van der Waals surface area contributed by atoms with Gasteiger partial charge in [0.2, 0.25) is 5.56 Å². The molecule has 1 aromatic heterocycles. The number of nitrogens with one attached hydrogen (secondary N) is 1. The highest BCUT2D eigenvalue weighted by Crippen LogP contribution is 2.24. The van der Waals surface area contributed by atoms with Crippen molar-refractivity contribution in [1.82, 2.24) is 14.8 Å². The molecule has 2 fully saturated rings. The number of hydrogen-bond donors (Lipinski definition) is 2. The Labute approximate surface area is 153 Å². The van der Waals surface area contributed by atoms with Crippen LogP contribution >= 0.6 is 0 Å². The zero-order valence-corrected chi connectivity index (χ0v) is 15.2. The van der Waals surface area contributed by atoms with Gasteiger partial charge in [-0.3, -0.25) is 19.3 Å². The minimum Gasteiger partial charge on any atom is -0.481 e. The first-order chi connectivity index (χ1) is 12.5. The number of piperidine rings is 2. The Morgan fingerprint density at radius 1 is 1.19 bits per heavy atom. The highest BCUT2D eigenvalue weighted by atomic mass is 16.4. The van der Waals surface area contributed by atoms with E-state index >= 15 is 0 Å². The third-order valence-corrected chi connectivity index (χ3v) is 5.60. The number of carboxylic acid groups (broad SMARTS) is 1. The molecule has 2 N–H and O–H groups in total. The molecule has 1 atom stereocenters. The lowest BCUT2D eigenvalue weighted by atomic mass is 9.94. The van der Waals surface area contributed by atoms with E-state index in [1.54, 1.807) is 6.07 Å². The average molecular weight is 361 g/mol. The van der Waals surface area contributed by atoms with Crippen molar-refractivity contribution < 1.29 is 14.7 Å². The SMILES string of the molecule is CCc1cc(C(=O)N2CCC(N3CCCC(C(=O)O)C3)CC2)cc(=O)[nH]1. The fourth-order valence-electron chi connectivity index (χ4n) is 4.07. The summed E-state index contributed by atoms with van der Waals surface area (Å²) in [5.41, 5.74) is 0.979. The van der Waals surface area contributed by atoms with Crippen molar-refractivity contribution >= 4 is 11.9 Å². The van der Waals surface area contributed by atoms with E-state index in [2.05, 4.69) is 9.88 Å². The van der Waals surface area contributed by atoms with Gasteiger partial charge in [-0.1, -0.05) is 6.92 Å². The number of aliphatic carboxylic acids is 1. The molecule has 3 heterocycles. The standard InChI is InChI=1S/C19H27N3O4/c1-2-15-10-14(11-17(23)20-15)18(24)21-8-5-16(6-9-21)22-7-3-4-13(12-22)19(25)26/h10-11,13,16H,2-9,12H2,1H3,(H,20,23)(H,25,26). The lowest BCUT2D eigenvalue weighted by molar-refractivity contribution is -0.144. The second kappa shape index (κ2) is 8.03. The Morgan fingerprint density at radius 2 is 1.92 bits per heavy atom. The molecular weight excluding hydrogens is 334 g/mol. The highest BCUT2D eigenvalue weighted by molar-refractivity contribution is 5.94. The van der Waals surface area contributed by atoms with E-state index in [0.29, 0.717) is 37.7 Å². The van der Waals surface area contributed by atoms with Gasteiger partial charge in [-0.2, -0.15) is 0 Å². The van der Waals surface area contributed by atoms with E-state index in [1.807, 2.05) is 11.8 Å². The Balaban J connectivity index is 1.60. The van der Waals surface area contributed by atoms with Crippen molar-refractivity contribution in [3.05, 3.63) is 33.7 Å². The number of rotatable bonds is 4. The van der Waals surface area contributed by atoms with Gasteiger partial charge < -0.3 is 15.0 Å². The van der Waals surface area contributed by atoms with Crippen molar-refractivity contribution in [1.29, 1.82) is 0 Å². The van der Waals surface area contributed by atoms with E-state index in [1.165, 1.54) is 6.07 Å². The highest BCUT2D eigenvalue weighted by Gasteiger charge is 2.32. The quantitative estimate of drug-likeness (QED) is 0.844. The number of carbonyl (C=O) groups is 2. The van der Waals surface area contributed by atoms with E-state index in [-0.39, 0.29) is 17.4 Å². The lowest BCUT2D eigenvalue weighted by Crippen LogP contribution is -2.50. The second-order valence-corrected chi connectivity index (χ2v) is 7.31. The van der Waals surface area contributed by atoms with Crippen molar-refractivity contribution in [2.24, 2.45) is 5.92 Å². The first-order valence-electron chi connectivity index (χ1n) is 9.47. The molecule has 142 valence electrons. The number of aromatic nitrogens is 1. The molecule has 2 aliphatic heterocycles. The fraction of sp³-hybridized carbons (Fsp3) is 0.632. The minimum atomic E-state index is -0.705. The summed E-state index contributed by atoms with van der Waals surface area (Å²) >= 11 is 0. The number of carboxylic acids is 1. The van der Waals surface area contributed by atoms with Crippen LogP contribution in [-0.2, 0) is 11.2 Å². The Morgan fingerprint density at radius 3 is 2.58 bits per heavy atom. The van der Waals surface area contributed by atoms with Crippen LogP contribution in [0.3, 0.4) is 0 Å². The van der Waals surface area contributed by atoms with Gasteiger partial charge in [0.05, 0.1) is 5.92 Å². The molecule has 1 aromatic rings. The number of H-pyrrole nitrogens is 1. The van der Waals surface area contributed by atoms with Crippen LogP contribution in [0.4, 0.5) is 0 Å². The Kier molecular flexibility index (Phi) is 5.76. The minimum absolute atomic E-state index is 0.0914. The molecular formula is C19H27N3O4. The zero-order valence-electron chi connectivity index (χ0n) is 15.2. The molecule has 2 aliphatic rings. The lowest BCUT2D eigenvalue weighted by Gasteiger charge is -2.41. The van der Waals surface area contributed by atoms with Gasteiger partial charge in [0.1, 0.15) is 0 Å². The number of aryl methyl sites for hydroxylation is 1. The number of likely N-dealkylation sites (tertiary alicyclic amines) is 2. The van der Waals surface area contributed by atoms with Gasteiger partial charge in [-0.05, 0) is 44.7 Å². The monoisotopic (exact) mass is 361 g/mol. The summed E-state index contributed by atoms with van der Waals surface area (Å²) in [5.74, 6) is -1.07. The maximum absolute atomic E-state index is 12.7. The van der Waals surface area contributed by atoms with Crippen LogP contribution < -0.4 is 5.56 Å². The topological polar surface area (TPSA) is 93.7 Å². The summed E-state index contributed by atoms with van der Waals surface area (Å²) in [7, 11) is 0. The molecule has 26 heavy (non-hydrogen) atoms. The summed E-state index contributed by atoms with van der Waals surface area (Å²) in [6.45, 7) is 4.78. The van der Waals surface area contributed by atoms with Gasteiger partial charge in [0.25, 0.3) is 5.91 Å². The maximum atomic E-state index is 12.7. The van der Waals surface area contributed by atoms with Gasteiger partial charge >= 0.3 is 5.97 Å². The largest absolute Gasteiger partial charge is 0.481 e. The van der Waals surface area contributed by atoms with Crippen LogP contribution in [0, 0.1) is 5.92 Å². The summed E-state index contributed by atoms with van der Waals surface area (Å²) in [6, 6.07) is 3.47. The van der Waals surface area contributed by atoms with Crippen molar-refractivity contribution in [3.8, 4) is 0 Å². The summed E-state index contributed by atoms with van der Waals surface area (Å²) < 4.78 is 0. The van der Waals surface area contributed by atoms with Crippen LogP contribution in [0.2, 0.25) is 0 Å². The maximum Gasteiger partial charge on any atom is 0.307 e. The van der Waals surface area contributed by atoms with E-state index in [4.69, 9.17) is 0 Å². The van der Waals surface area contributed by atoms with Crippen molar-refractivity contribution in [2.45, 2.75) is 45.1 Å². The van der Waals surface area contributed by atoms with Crippen LogP contribution in [0.25, 0.3) is 0 Å². The first-order valence-corrected chi connectivity index (χ1v) is 9.47. The Bertz CT molecular complexity index is 722. The van der Waals surface area contributed by atoms with Gasteiger partial charge in [0, 0.05) is 43.0 Å². The predicted octanol–water partition coefficient (Wildman–Crippen LogP) is 1.34. The predicted molar refractivity (Wildman–Crippen MR) is 97.3 cm³/mol. The van der Waals surface area contributed by atoms with Crippen LogP contribution in [0.1, 0.15) is 48.7 Å². The van der Waals surface area contributed by atoms with Gasteiger partial charge in [-0.25, -0.2) is 0 Å². The number of pyridine rings is 1. The fourth-order valence-corrected chi connectivity index (χ4v) is 4.07. The number of aromatic amines is 1. The molecule has 0 saturated carbocycles. The average Bonchev–Trinajstić information content (AvgIpc) is 2.67. The number of nitrogens with zero attached hydrogens (tertiary/aromatic N) is 2. The number of hydrogen-bond acceptors (Lipinski definition) is 4.